The molecule has 9 heteroatoms. The second kappa shape index (κ2) is 4.21. The third-order valence-corrected chi connectivity index (χ3v) is 1.51. The highest BCUT2D eigenvalue weighted by Crippen LogP contribution is 2.32. The van der Waals surface area contributed by atoms with E-state index >= 15 is 0 Å². The lowest BCUT2D eigenvalue weighted by Crippen LogP contribution is -2.18. The SMILES string of the molecule is O=C(O)CC(=O)Nc1cn[nH]c1C(F)(F)F. The van der Waals surface area contributed by atoms with Gasteiger partial charge >= 0.3 is 12.1 Å². The van der Waals surface area contributed by atoms with Crippen LogP contribution in [-0.2, 0) is 15.8 Å². The van der Waals surface area contributed by atoms with Gasteiger partial charge in [0, 0.05) is 0 Å². The van der Waals surface area contributed by atoms with Crippen LogP contribution >= 0.6 is 0 Å². The van der Waals surface area contributed by atoms with Gasteiger partial charge in [-0.3, -0.25) is 14.7 Å². The van der Waals surface area contributed by atoms with Gasteiger partial charge in [0.15, 0.2) is 5.69 Å². The van der Waals surface area contributed by atoms with Crippen molar-refractivity contribution in [3.63, 3.8) is 0 Å². The maximum Gasteiger partial charge on any atom is 0.434 e. The zero-order valence-electron chi connectivity index (χ0n) is 7.63. The van der Waals surface area contributed by atoms with Crippen LogP contribution in [0.1, 0.15) is 12.1 Å². The minimum atomic E-state index is -4.69. The molecule has 1 aromatic rings. The Kier molecular flexibility index (Phi) is 3.16. The Morgan fingerprint density at radius 3 is 2.62 bits per heavy atom. The van der Waals surface area contributed by atoms with Crippen LogP contribution in [0.5, 0.6) is 0 Å². The van der Waals surface area contributed by atoms with Gasteiger partial charge in [0.2, 0.25) is 5.91 Å². The summed E-state index contributed by atoms with van der Waals surface area (Å²) in [7, 11) is 0. The van der Waals surface area contributed by atoms with Gasteiger partial charge < -0.3 is 10.4 Å². The molecule has 0 bridgehead atoms. The molecule has 0 aromatic carbocycles. The van der Waals surface area contributed by atoms with Crippen LogP contribution in [0.15, 0.2) is 6.20 Å². The Bertz CT molecular complexity index is 412. The van der Waals surface area contributed by atoms with Gasteiger partial charge in [0.25, 0.3) is 0 Å². The molecule has 0 saturated heterocycles. The summed E-state index contributed by atoms with van der Waals surface area (Å²) >= 11 is 0. The van der Waals surface area contributed by atoms with E-state index in [0.29, 0.717) is 0 Å². The van der Waals surface area contributed by atoms with Gasteiger partial charge in [-0.1, -0.05) is 0 Å². The number of halogens is 3. The van der Waals surface area contributed by atoms with E-state index in [1.54, 1.807) is 10.4 Å². The molecule has 6 nitrogen and oxygen atoms in total. The summed E-state index contributed by atoms with van der Waals surface area (Å²) in [6, 6.07) is 0. The number of hydrogen-bond acceptors (Lipinski definition) is 3. The third-order valence-electron chi connectivity index (χ3n) is 1.51. The van der Waals surface area contributed by atoms with Crippen LogP contribution in [0.4, 0.5) is 18.9 Å². The zero-order chi connectivity index (χ0) is 12.3. The Hall–Kier alpha value is -2.06. The van der Waals surface area contributed by atoms with E-state index in [4.69, 9.17) is 5.11 Å². The lowest BCUT2D eigenvalue weighted by molar-refractivity contribution is -0.140. The number of anilines is 1. The van der Waals surface area contributed by atoms with E-state index in [-0.39, 0.29) is 0 Å². The van der Waals surface area contributed by atoms with Crippen molar-refractivity contribution >= 4 is 17.6 Å². The van der Waals surface area contributed by atoms with E-state index in [1.807, 2.05) is 0 Å². The van der Waals surface area contributed by atoms with E-state index in [9.17, 15) is 22.8 Å². The first-order chi connectivity index (χ1) is 7.30. The summed E-state index contributed by atoms with van der Waals surface area (Å²) in [6.07, 6.45) is -4.85. The Labute approximate surface area is 86.5 Å². The monoisotopic (exact) mass is 237 g/mol. The number of carboxylic acid groups (broad SMARTS) is 1. The minimum absolute atomic E-state index is 0.598. The molecule has 0 saturated carbocycles. The van der Waals surface area contributed by atoms with Gasteiger partial charge in [-0.2, -0.15) is 18.3 Å². The molecule has 0 aliphatic rings. The van der Waals surface area contributed by atoms with Gasteiger partial charge in [-0.25, -0.2) is 0 Å². The molecule has 0 radical (unpaired) electrons. The van der Waals surface area contributed by atoms with Crippen molar-refractivity contribution in [1.29, 1.82) is 0 Å². The van der Waals surface area contributed by atoms with Crippen molar-refractivity contribution in [2.45, 2.75) is 12.6 Å². The summed E-state index contributed by atoms with van der Waals surface area (Å²) in [5.74, 6) is -2.49. The fourth-order valence-corrected chi connectivity index (χ4v) is 0.929. The van der Waals surface area contributed by atoms with Gasteiger partial charge in [0.05, 0.1) is 11.9 Å². The predicted octanol–water partition coefficient (Wildman–Crippen LogP) is 0.842. The maximum atomic E-state index is 12.3. The van der Waals surface area contributed by atoms with Crippen molar-refractivity contribution in [3.8, 4) is 0 Å². The molecule has 3 N–H and O–H groups in total. The average molecular weight is 237 g/mol. The quantitative estimate of drug-likeness (QED) is 0.679. The molecule has 1 amide bonds. The lowest BCUT2D eigenvalue weighted by atomic mass is 10.3. The standard InChI is InChI=1S/C7H6F3N3O3/c8-7(9,10)6-3(2-11-13-6)12-4(14)1-5(15)16/h2H,1H2,(H,11,13)(H,12,14)(H,15,16). The highest BCUT2D eigenvalue weighted by atomic mass is 19.4. The summed E-state index contributed by atoms with van der Waals surface area (Å²) in [4.78, 5) is 21.0. The molecule has 16 heavy (non-hydrogen) atoms. The number of carboxylic acids is 1. The molecule has 0 atom stereocenters. The van der Waals surface area contributed by atoms with Gasteiger partial charge in [-0.15, -0.1) is 0 Å². The van der Waals surface area contributed by atoms with Gasteiger partial charge in [-0.05, 0) is 0 Å². The second-order valence-corrected chi connectivity index (χ2v) is 2.78. The molecule has 1 rings (SSSR count). The number of rotatable bonds is 3. The van der Waals surface area contributed by atoms with Gasteiger partial charge in [0.1, 0.15) is 6.42 Å². The smallest absolute Gasteiger partial charge is 0.434 e. The average Bonchev–Trinajstić information content (AvgIpc) is 2.48. The number of amides is 1. The van der Waals surface area contributed by atoms with E-state index in [1.165, 1.54) is 0 Å². The second-order valence-electron chi connectivity index (χ2n) is 2.78. The van der Waals surface area contributed by atoms with Crippen molar-refractivity contribution < 1.29 is 27.9 Å². The first kappa shape index (κ1) is 12.0. The lowest BCUT2D eigenvalue weighted by Gasteiger charge is -2.07. The molecule has 1 aromatic heterocycles. The number of aliphatic carboxylic acids is 1. The minimum Gasteiger partial charge on any atom is -0.481 e. The fourth-order valence-electron chi connectivity index (χ4n) is 0.929. The summed E-state index contributed by atoms with van der Waals surface area (Å²) in [5, 5.41) is 14.8. The number of H-pyrrole nitrogens is 1. The maximum absolute atomic E-state index is 12.3. The van der Waals surface area contributed by atoms with Crippen molar-refractivity contribution in [2.24, 2.45) is 0 Å². The van der Waals surface area contributed by atoms with Crippen LogP contribution < -0.4 is 5.32 Å². The number of hydrogen-bond donors (Lipinski definition) is 3. The number of alkyl halides is 3. The van der Waals surface area contributed by atoms with Crippen molar-refractivity contribution in [3.05, 3.63) is 11.9 Å². The normalized spacial score (nSPS) is 11.2. The number of nitrogens with one attached hydrogen (secondary N) is 2. The Balaban J connectivity index is 2.79. The van der Waals surface area contributed by atoms with E-state index in [2.05, 4.69) is 5.10 Å². The molecule has 0 aliphatic heterocycles. The summed E-state index contributed by atoms with van der Waals surface area (Å²) in [5.41, 5.74) is -1.83. The largest absolute Gasteiger partial charge is 0.481 e. The molecular weight excluding hydrogens is 231 g/mol. The Morgan fingerprint density at radius 1 is 1.50 bits per heavy atom. The Morgan fingerprint density at radius 2 is 2.12 bits per heavy atom. The summed E-state index contributed by atoms with van der Waals surface area (Å²) in [6.45, 7) is 0. The van der Waals surface area contributed by atoms with Crippen LogP contribution in [0.3, 0.4) is 0 Å². The first-order valence-corrected chi connectivity index (χ1v) is 3.93. The van der Waals surface area contributed by atoms with E-state index < -0.39 is 35.9 Å². The summed E-state index contributed by atoms with van der Waals surface area (Å²) < 4.78 is 36.8. The first-order valence-electron chi connectivity index (χ1n) is 3.93. The molecule has 1 heterocycles. The number of nitrogens with zero attached hydrogens (tertiary/aromatic N) is 1. The molecule has 88 valence electrons. The van der Waals surface area contributed by atoms with Crippen LogP contribution in [0.25, 0.3) is 0 Å². The molecule has 0 spiro atoms. The highest BCUT2D eigenvalue weighted by molar-refractivity contribution is 6.01. The number of carbonyl (C=O) groups is 2. The van der Waals surface area contributed by atoms with Crippen LogP contribution in [0, 0.1) is 0 Å². The zero-order valence-corrected chi connectivity index (χ0v) is 7.63. The van der Waals surface area contributed by atoms with E-state index in [0.717, 1.165) is 6.20 Å². The number of carbonyl (C=O) groups excluding carboxylic acids is 1. The molecule has 0 fully saturated rings. The molecule has 0 aliphatic carbocycles. The van der Waals surface area contributed by atoms with Crippen molar-refractivity contribution in [1.82, 2.24) is 10.2 Å². The predicted molar refractivity (Wildman–Crippen MR) is 44.5 cm³/mol. The fraction of sp³-hybridized carbons (Fsp3) is 0.286. The molecular formula is C7H6F3N3O3. The highest BCUT2D eigenvalue weighted by Gasteiger charge is 2.36. The topological polar surface area (TPSA) is 95.1 Å². The number of aromatic amines is 1. The van der Waals surface area contributed by atoms with Crippen LogP contribution in [-0.4, -0.2) is 27.2 Å². The van der Waals surface area contributed by atoms with Crippen LogP contribution in [0.2, 0.25) is 0 Å². The molecule has 0 unspecified atom stereocenters. The van der Waals surface area contributed by atoms with Crippen molar-refractivity contribution in [2.75, 3.05) is 5.32 Å². The number of aromatic nitrogens is 2. The third kappa shape index (κ3) is 2.97.